The van der Waals surface area contributed by atoms with Crippen molar-refractivity contribution in [2.24, 2.45) is 0 Å². The summed E-state index contributed by atoms with van der Waals surface area (Å²) < 4.78 is 12.8. The first kappa shape index (κ1) is 15.4. The summed E-state index contributed by atoms with van der Waals surface area (Å²) in [7, 11) is 0. The molecule has 7 nitrogen and oxygen atoms in total. The molecule has 1 unspecified atom stereocenters. The molecule has 1 aliphatic heterocycles. The molecule has 2 aromatic heterocycles. The molecule has 0 saturated heterocycles. The van der Waals surface area contributed by atoms with Crippen molar-refractivity contribution in [2.45, 2.75) is 44.7 Å². The van der Waals surface area contributed by atoms with Crippen LogP contribution in [0, 0.1) is 0 Å². The number of carbonyl (C=O) groups excluding carboxylic acids is 1. The molecule has 1 atom stereocenters. The van der Waals surface area contributed by atoms with Gasteiger partial charge >= 0.3 is 0 Å². The predicted octanol–water partition coefficient (Wildman–Crippen LogP) is 2.37. The van der Waals surface area contributed by atoms with Crippen LogP contribution in [0.15, 0.2) is 22.9 Å². The highest BCUT2D eigenvalue weighted by atomic mass is 16.5. The highest BCUT2D eigenvalue weighted by Crippen LogP contribution is 2.40. The summed E-state index contributed by atoms with van der Waals surface area (Å²) in [5.74, 6) is 1.23. The van der Waals surface area contributed by atoms with Gasteiger partial charge in [-0.05, 0) is 32.3 Å². The fraction of sp³-hybridized carbons (Fsp3) is 0.588. The van der Waals surface area contributed by atoms with Gasteiger partial charge in [0.25, 0.3) is 5.91 Å². The average molecular weight is 330 g/mol. The minimum atomic E-state index is -0.0699. The molecule has 3 heterocycles. The first-order valence-electron chi connectivity index (χ1n) is 8.62. The number of ether oxygens (including phenoxy) is 1. The highest BCUT2D eigenvalue weighted by Gasteiger charge is 2.32. The van der Waals surface area contributed by atoms with Crippen molar-refractivity contribution in [3.8, 4) is 0 Å². The average Bonchev–Trinajstić information content (AvgIpc) is 3.13. The van der Waals surface area contributed by atoms with Gasteiger partial charge in [-0.3, -0.25) is 9.48 Å². The number of nitrogens with zero attached hydrogens (tertiary/aromatic N) is 4. The van der Waals surface area contributed by atoms with Crippen LogP contribution in [0.1, 0.15) is 60.1 Å². The lowest BCUT2D eigenvalue weighted by molar-refractivity contribution is 0.0615. The van der Waals surface area contributed by atoms with E-state index in [0.29, 0.717) is 37.9 Å². The van der Waals surface area contributed by atoms with E-state index in [-0.39, 0.29) is 11.9 Å². The first-order valence-corrected chi connectivity index (χ1v) is 8.62. The monoisotopic (exact) mass is 330 g/mol. The highest BCUT2D eigenvalue weighted by molar-refractivity contribution is 5.92. The lowest BCUT2D eigenvalue weighted by Gasteiger charge is -2.33. The van der Waals surface area contributed by atoms with E-state index in [2.05, 4.69) is 10.3 Å². The lowest BCUT2D eigenvalue weighted by Crippen LogP contribution is -2.41. The maximum atomic E-state index is 12.8. The molecule has 2 aliphatic rings. The lowest BCUT2D eigenvalue weighted by atomic mass is 10.1. The number of hydrogen-bond acceptors (Lipinski definition) is 5. The Balaban J connectivity index is 1.49. The second-order valence-corrected chi connectivity index (χ2v) is 6.48. The molecule has 0 aromatic carbocycles. The molecule has 0 radical (unpaired) electrons. The number of fused-ring (bicyclic) bond motifs is 1. The maximum absolute atomic E-state index is 12.8. The molecule has 0 bridgehead atoms. The van der Waals surface area contributed by atoms with Crippen molar-refractivity contribution in [1.82, 2.24) is 19.8 Å². The van der Waals surface area contributed by atoms with E-state index in [0.717, 1.165) is 30.7 Å². The molecule has 4 rings (SSSR count). The van der Waals surface area contributed by atoms with Gasteiger partial charge in [0.2, 0.25) is 0 Å². The standard InChI is InChI=1S/C17H22N4O3/c1-2-23-8-6-14-11-20(10-13-5-7-18-21(13)14)17(22)15-9-16(24-19-15)12-3-4-12/h5,7,9,12,14H,2-4,6,8,10-11H2,1H3. The Labute approximate surface area is 140 Å². The van der Waals surface area contributed by atoms with E-state index in [9.17, 15) is 4.79 Å². The fourth-order valence-corrected chi connectivity index (χ4v) is 3.23. The van der Waals surface area contributed by atoms with E-state index in [1.807, 2.05) is 22.6 Å². The Bertz CT molecular complexity index is 719. The zero-order chi connectivity index (χ0) is 16.5. The smallest absolute Gasteiger partial charge is 0.276 e. The van der Waals surface area contributed by atoms with Crippen LogP contribution in [0.2, 0.25) is 0 Å². The van der Waals surface area contributed by atoms with Crippen LogP contribution in [0.25, 0.3) is 0 Å². The van der Waals surface area contributed by atoms with Crippen molar-refractivity contribution in [1.29, 1.82) is 0 Å². The molecule has 1 amide bonds. The van der Waals surface area contributed by atoms with Crippen LogP contribution in [0.4, 0.5) is 0 Å². The minimum absolute atomic E-state index is 0.0699. The van der Waals surface area contributed by atoms with Crippen molar-refractivity contribution < 1.29 is 14.1 Å². The van der Waals surface area contributed by atoms with Crippen LogP contribution < -0.4 is 0 Å². The number of hydrogen-bond donors (Lipinski definition) is 0. The summed E-state index contributed by atoms with van der Waals surface area (Å²) in [5, 5.41) is 8.39. The quantitative estimate of drug-likeness (QED) is 0.760. The molecular formula is C17H22N4O3. The summed E-state index contributed by atoms with van der Waals surface area (Å²) in [6, 6.07) is 3.90. The Morgan fingerprint density at radius 2 is 2.33 bits per heavy atom. The first-order chi connectivity index (χ1) is 11.8. The van der Waals surface area contributed by atoms with Gasteiger partial charge < -0.3 is 14.2 Å². The SMILES string of the molecule is CCOCCC1CN(C(=O)c2cc(C3CC3)on2)Cc2ccnn21. The zero-order valence-electron chi connectivity index (χ0n) is 13.9. The third-order valence-corrected chi connectivity index (χ3v) is 4.70. The van der Waals surface area contributed by atoms with Crippen LogP contribution in [-0.2, 0) is 11.3 Å². The Kier molecular flexibility index (Phi) is 4.10. The third-order valence-electron chi connectivity index (χ3n) is 4.70. The largest absolute Gasteiger partial charge is 0.382 e. The van der Waals surface area contributed by atoms with Gasteiger partial charge in [0.1, 0.15) is 5.76 Å². The summed E-state index contributed by atoms with van der Waals surface area (Å²) in [5.41, 5.74) is 1.45. The van der Waals surface area contributed by atoms with Crippen molar-refractivity contribution >= 4 is 5.91 Å². The molecule has 7 heteroatoms. The van der Waals surface area contributed by atoms with E-state index < -0.39 is 0 Å². The molecule has 2 aromatic rings. The summed E-state index contributed by atoms with van der Waals surface area (Å²) in [4.78, 5) is 14.6. The number of carbonyl (C=O) groups is 1. The second-order valence-electron chi connectivity index (χ2n) is 6.48. The molecule has 128 valence electrons. The summed E-state index contributed by atoms with van der Waals surface area (Å²) >= 11 is 0. The summed E-state index contributed by atoms with van der Waals surface area (Å²) in [6.07, 6.45) is 4.88. The van der Waals surface area contributed by atoms with E-state index in [1.165, 1.54) is 0 Å². The van der Waals surface area contributed by atoms with Gasteiger partial charge in [0.15, 0.2) is 5.69 Å². The Morgan fingerprint density at radius 3 is 3.12 bits per heavy atom. The van der Waals surface area contributed by atoms with Crippen LogP contribution in [0.5, 0.6) is 0 Å². The second kappa shape index (κ2) is 6.39. The molecule has 24 heavy (non-hydrogen) atoms. The predicted molar refractivity (Wildman–Crippen MR) is 85.6 cm³/mol. The van der Waals surface area contributed by atoms with Gasteiger partial charge in [-0.1, -0.05) is 5.16 Å². The molecule has 0 N–H and O–H groups in total. The van der Waals surface area contributed by atoms with Crippen molar-refractivity contribution in [2.75, 3.05) is 19.8 Å². The van der Waals surface area contributed by atoms with Gasteiger partial charge in [-0.15, -0.1) is 0 Å². The molecular weight excluding hydrogens is 308 g/mol. The zero-order valence-corrected chi connectivity index (χ0v) is 13.9. The molecule has 1 fully saturated rings. The summed E-state index contributed by atoms with van der Waals surface area (Å²) in [6.45, 7) is 4.52. The normalized spacial score (nSPS) is 20.2. The fourth-order valence-electron chi connectivity index (χ4n) is 3.23. The topological polar surface area (TPSA) is 73.4 Å². The van der Waals surface area contributed by atoms with Crippen molar-refractivity contribution in [3.63, 3.8) is 0 Å². The number of amides is 1. The van der Waals surface area contributed by atoms with E-state index in [1.54, 1.807) is 12.3 Å². The van der Waals surface area contributed by atoms with E-state index >= 15 is 0 Å². The molecule has 1 aliphatic carbocycles. The third kappa shape index (κ3) is 2.96. The minimum Gasteiger partial charge on any atom is -0.382 e. The van der Waals surface area contributed by atoms with Crippen LogP contribution in [-0.4, -0.2) is 45.5 Å². The van der Waals surface area contributed by atoms with Gasteiger partial charge in [-0.25, -0.2) is 0 Å². The maximum Gasteiger partial charge on any atom is 0.276 e. The van der Waals surface area contributed by atoms with Gasteiger partial charge in [0.05, 0.1) is 18.3 Å². The molecule has 1 saturated carbocycles. The number of aromatic nitrogens is 3. The Hall–Kier alpha value is -2.15. The van der Waals surface area contributed by atoms with E-state index in [4.69, 9.17) is 9.26 Å². The number of rotatable bonds is 6. The van der Waals surface area contributed by atoms with Gasteiger partial charge in [-0.2, -0.15) is 5.10 Å². The van der Waals surface area contributed by atoms with Crippen LogP contribution in [0.3, 0.4) is 0 Å². The van der Waals surface area contributed by atoms with Gasteiger partial charge in [0, 0.05) is 37.9 Å². The van der Waals surface area contributed by atoms with Crippen molar-refractivity contribution in [3.05, 3.63) is 35.5 Å². The van der Waals surface area contributed by atoms with Crippen LogP contribution >= 0.6 is 0 Å². The Morgan fingerprint density at radius 1 is 1.46 bits per heavy atom. The molecule has 0 spiro atoms.